The molecule has 8 nitrogen and oxygen atoms in total. The van der Waals surface area contributed by atoms with Gasteiger partial charge in [0.1, 0.15) is 5.75 Å². The van der Waals surface area contributed by atoms with Crippen molar-refractivity contribution >= 4 is 46.9 Å². The van der Waals surface area contributed by atoms with E-state index >= 15 is 0 Å². The molecule has 0 heterocycles. The van der Waals surface area contributed by atoms with Crippen molar-refractivity contribution in [3.63, 3.8) is 0 Å². The van der Waals surface area contributed by atoms with Gasteiger partial charge in [0.15, 0.2) is 6.61 Å². The van der Waals surface area contributed by atoms with Crippen molar-refractivity contribution in [3.8, 4) is 5.75 Å². The minimum Gasteiger partial charge on any atom is -0.484 e. The molecular formula is C26H25ClN4O4. The molecule has 3 rings (SSSR count). The van der Waals surface area contributed by atoms with E-state index in [2.05, 4.69) is 21.2 Å². The second kappa shape index (κ2) is 12.3. The number of nitrogens with zero attached hydrogens (tertiary/aromatic N) is 1. The number of aryl methyl sites for hydroxylation is 1. The van der Waals surface area contributed by atoms with Gasteiger partial charge in [0.25, 0.3) is 5.91 Å². The lowest BCUT2D eigenvalue weighted by atomic mass is 10.1. The molecule has 0 aliphatic rings. The van der Waals surface area contributed by atoms with Crippen molar-refractivity contribution in [1.82, 2.24) is 5.43 Å². The number of carbonyl (C=O) groups excluding carboxylic acids is 3. The van der Waals surface area contributed by atoms with Crippen LogP contribution in [0.5, 0.6) is 5.75 Å². The molecule has 0 saturated carbocycles. The third-order valence-electron chi connectivity index (χ3n) is 5.00. The average molecular weight is 493 g/mol. The SMILES string of the molecule is CCc1ccccc1NC(=O)C(=O)N/N=C\c1cccc(OCC(=O)Nc2cccc(Cl)c2C)c1. The molecule has 0 aliphatic heterocycles. The summed E-state index contributed by atoms with van der Waals surface area (Å²) in [7, 11) is 0. The number of anilines is 2. The molecule has 0 unspecified atom stereocenters. The standard InChI is InChI=1S/C26H25ClN4O4/c1-3-19-9-4-5-12-23(19)30-25(33)26(34)31-28-15-18-8-6-10-20(14-18)35-16-24(32)29-22-13-7-11-21(27)17(22)2/h4-15H,3,16H2,1-2H3,(H,29,32)(H,30,33)(H,31,34)/b28-15-. The van der Waals surface area contributed by atoms with Crippen LogP contribution in [0.15, 0.2) is 71.8 Å². The van der Waals surface area contributed by atoms with Gasteiger partial charge in [-0.05, 0) is 60.4 Å². The van der Waals surface area contributed by atoms with Crippen LogP contribution in [0.1, 0.15) is 23.6 Å². The first kappa shape index (κ1) is 25.5. The van der Waals surface area contributed by atoms with Crippen LogP contribution in [0.25, 0.3) is 0 Å². The maximum Gasteiger partial charge on any atom is 0.329 e. The summed E-state index contributed by atoms with van der Waals surface area (Å²) in [6, 6.07) is 19.3. The monoisotopic (exact) mass is 492 g/mol. The Balaban J connectivity index is 1.50. The molecule has 3 N–H and O–H groups in total. The highest BCUT2D eigenvalue weighted by Crippen LogP contribution is 2.23. The van der Waals surface area contributed by atoms with E-state index in [-0.39, 0.29) is 12.5 Å². The van der Waals surface area contributed by atoms with Crippen molar-refractivity contribution in [3.05, 3.63) is 88.4 Å². The number of rotatable bonds is 8. The van der Waals surface area contributed by atoms with Crippen LogP contribution >= 0.6 is 11.6 Å². The first-order chi connectivity index (χ1) is 16.9. The summed E-state index contributed by atoms with van der Waals surface area (Å²) in [6.07, 6.45) is 2.09. The number of halogens is 1. The van der Waals surface area contributed by atoms with Crippen LogP contribution in [0.3, 0.4) is 0 Å². The van der Waals surface area contributed by atoms with E-state index in [1.54, 1.807) is 54.6 Å². The van der Waals surface area contributed by atoms with Crippen LogP contribution < -0.4 is 20.8 Å². The molecule has 3 aromatic carbocycles. The molecule has 0 spiro atoms. The quantitative estimate of drug-likeness (QED) is 0.247. The maximum atomic E-state index is 12.2. The average Bonchev–Trinajstić information content (AvgIpc) is 2.86. The number of hydrogen-bond acceptors (Lipinski definition) is 5. The third kappa shape index (κ3) is 7.41. The molecule has 9 heteroatoms. The minimum atomic E-state index is -0.896. The first-order valence-electron chi connectivity index (χ1n) is 10.9. The Hall–Kier alpha value is -4.17. The highest BCUT2D eigenvalue weighted by molar-refractivity contribution is 6.39. The van der Waals surface area contributed by atoms with Gasteiger partial charge in [-0.25, -0.2) is 5.43 Å². The van der Waals surface area contributed by atoms with Gasteiger partial charge >= 0.3 is 11.8 Å². The molecule has 0 atom stereocenters. The van der Waals surface area contributed by atoms with Gasteiger partial charge in [0.2, 0.25) is 0 Å². The van der Waals surface area contributed by atoms with E-state index < -0.39 is 11.8 Å². The van der Waals surface area contributed by atoms with Crippen LogP contribution in [-0.2, 0) is 20.8 Å². The predicted molar refractivity (Wildman–Crippen MR) is 137 cm³/mol. The predicted octanol–water partition coefficient (Wildman–Crippen LogP) is 4.32. The van der Waals surface area contributed by atoms with Gasteiger partial charge in [-0.15, -0.1) is 0 Å². The second-order valence-corrected chi connectivity index (χ2v) is 7.89. The number of benzene rings is 3. The van der Waals surface area contributed by atoms with Crippen LogP contribution in [0.2, 0.25) is 5.02 Å². The Morgan fingerprint density at radius 1 is 0.943 bits per heavy atom. The van der Waals surface area contributed by atoms with Gasteiger partial charge in [0, 0.05) is 16.4 Å². The summed E-state index contributed by atoms with van der Waals surface area (Å²) >= 11 is 6.07. The maximum absolute atomic E-state index is 12.2. The molecule has 3 amide bonds. The van der Waals surface area contributed by atoms with Crippen LogP contribution in [0, 0.1) is 6.92 Å². The minimum absolute atomic E-state index is 0.206. The van der Waals surface area contributed by atoms with Crippen molar-refractivity contribution in [2.75, 3.05) is 17.2 Å². The van der Waals surface area contributed by atoms with Gasteiger partial charge in [0.05, 0.1) is 6.21 Å². The number of nitrogens with one attached hydrogen (secondary N) is 3. The van der Waals surface area contributed by atoms with Gasteiger partial charge < -0.3 is 15.4 Å². The molecule has 0 radical (unpaired) electrons. The lowest BCUT2D eigenvalue weighted by Gasteiger charge is -2.10. The zero-order valence-corrected chi connectivity index (χ0v) is 20.1. The second-order valence-electron chi connectivity index (χ2n) is 7.49. The number of hydrogen-bond donors (Lipinski definition) is 3. The molecule has 0 fully saturated rings. The number of hydrazone groups is 1. The molecule has 180 valence electrons. The molecule has 0 aromatic heterocycles. The topological polar surface area (TPSA) is 109 Å². The van der Waals surface area contributed by atoms with Crippen LogP contribution in [0.4, 0.5) is 11.4 Å². The van der Waals surface area contributed by atoms with E-state index in [0.29, 0.717) is 27.7 Å². The lowest BCUT2D eigenvalue weighted by molar-refractivity contribution is -0.136. The number of para-hydroxylation sites is 1. The smallest absolute Gasteiger partial charge is 0.329 e. The third-order valence-corrected chi connectivity index (χ3v) is 5.41. The number of amides is 3. The Labute approximate surface area is 208 Å². The molecule has 0 bridgehead atoms. The van der Waals surface area contributed by atoms with E-state index in [0.717, 1.165) is 17.5 Å². The largest absolute Gasteiger partial charge is 0.484 e. The van der Waals surface area contributed by atoms with Gasteiger partial charge in [-0.2, -0.15) is 5.10 Å². The van der Waals surface area contributed by atoms with E-state index in [9.17, 15) is 14.4 Å². The van der Waals surface area contributed by atoms with Crippen LogP contribution in [-0.4, -0.2) is 30.5 Å². The normalized spacial score (nSPS) is 10.6. The highest BCUT2D eigenvalue weighted by atomic mass is 35.5. The fourth-order valence-electron chi connectivity index (χ4n) is 3.11. The van der Waals surface area contributed by atoms with E-state index in [4.69, 9.17) is 16.3 Å². The highest BCUT2D eigenvalue weighted by Gasteiger charge is 2.14. The Morgan fingerprint density at radius 3 is 2.49 bits per heavy atom. The first-order valence-corrected chi connectivity index (χ1v) is 11.2. The Morgan fingerprint density at radius 2 is 1.69 bits per heavy atom. The summed E-state index contributed by atoms with van der Waals surface area (Å²) in [6.45, 7) is 3.57. The summed E-state index contributed by atoms with van der Waals surface area (Å²) in [5, 5.41) is 9.72. The van der Waals surface area contributed by atoms with E-state index in [1.807, 2.05) is 26.0 Å². The molecule has 3 aromatic rings. The molecule has 0 aliphatic carbocycles. The fourth-order valence-corrected chi connectivity index (χ4v) is 3.28. The number of ether oxygens (including phenoxy) is 1. The van der Waals surface area contributed by atoms with Gasteiger partial charge in [-0.3, -0.25) is 14.4 Å². The Kier molecular flexibility index (Phi) is 8.97. The zero-order chi connectivity index (χ0) is 25.2. The molecular weight excluding hydrogens is 468 g/mol. The van der Waals surface area contributed by atoms with E-state index in [1.165, 1.54) is 6.21 Å². The van der Waals surface area contributed by atoms with Crippen molar-refractivity contribution in [2.45, 2.75) is 20.3 Å². The summed E-state index contributed by atoms with van der Waals surface area (Å²) in [4.78, 5) is 36.4. The lowest BCUT2D eigenvalue weighted by Crippen LogP contribution is -2.32. The summed E-state index contributed by atoms with van der Waals surface area (Å²) in [5.74, 6) is -1.61. The summed E-state index contributed by atoms with van der Waals surface area (Å²) < 4.78 is 5.55. The van der Waals surface area contributed by atoms with Crippen molar-refractivity contribution in [1.29, 1.82) is 0 Å². The summed E-state index contributed by atoms with van der Waals surface area (Å²) in [5.41, 5.74) is 5.69. The fraction of sp³-hybridized carbons (Fsp3) is 0.154. The van der Waals surface area contributed by atoms with Gasteiger partial charge in [-0.1, -0.05) is 54.9 Å². The van der Waals surface area contributed by atoms with Crippen molar-refractivity contribution in [2.24, 2.45) is 5.10 Å². The van der Waals surface area contributed by atoms with Crippen molar-refractivity contribution < 1.29 is 19.1 Å². The molecule has 35 heavy (non-hydrogen) atoms. The zero-order valence-electron chi connectivity index (χ0n) is 19.3. The number of carbonyl (C=O) groups is 3. The molecule has 0 saturated heterocycles. The Bertz CT molecular complexity index is 1260.